The summed E-state index contributed by atoms with van der Waals surface area (Å²) in [5.41, 5.74) is 2.34. The fourth-order valence-electron chi connectivity index (χ4n) is 3.04. The standard InChI is InChI=1S/C21H22BrFN2O2/c1-13-17-12-15(22)6-9-19(17)27-20(13)21(26)24-18(10-11-25(2)3)14-4-7-16(23)8-5-14/h4-9,12,18H,10-11H2,1-3H3,(H,24,26). The molecule has 0 spiro atoms. The Morgan fingerprint density at radius 3 is 2.59 bits per heavy atom. The molecule has 0 aliphatic carbocycles. The van der Waals surface area contributed by atoms with Gasteiger partial charge in [-0.25, -0.2) is 4.39 Å². The molecule has 3 aromatic rings. The topological polar surface area (TPSA) is 45.5 Å². The number of amides is 1. The van der Waals surface area contributed by atoms with Gasteiger partial charge in [-0.15, -0.1) is 0 Å². The van der Waals surface area contributed by atoms with Gasteiger partial charge in [-0.2, -0.15) is 0 Å². The van der Waals surface area contributed by atoms with Gasteiger partial charge in [0.25, 0.3) is 5.91 Å². The zero-order valence-electron chi connectivity index (χ0n) is 15.6. The molecule has 1 atom stereocenters. The predicted octanol–water partition coefficient (Wildman–Crippen LogP) is 5.07. The molecule has 0 bridgehead atoms. The summed E-state index contributed by atoms with van der Waals surface area (Å²) in [6.07, 6.45) is 0.704. The van der Waals surface area contributed by atoms with E-state index in [1.807, 2.05) is 44.1 Å². The lowest BCUT2D eigenvalue weighted by atomic mass is 10.0. The predicted molar refractivity (Wildman–Crippen MR) is 108 cm³/mol. The molecule has 0 saturated heterocycles. The lowest BCUT2D eigenvalue weighted by Gasteiger charge is -2.21. The van der Waals surface area contributed by atoms with Crippen LogP contribution in [0.1, 0.15) is 34.1 Å². The van der Waals surface area contributed by atoms with Gasteiger partial charge in [0, 0.05) is 15.4 Å². The molecule has 1 heterocycles. The van der Waals surface area contributed by atoms with E-state index in [4.69, 9.17) is 4.42 Å². The summed E-state index contributed by atoms with van der Waals surface area (Å²) in [5.74, 6) is -0.261. The van der Waals surface area contributed by atoms with Crippen LogP contribution in [0, 0.1) is 12.7 Å². The second kappa shape index (κ2) is 8.23. The Balaban J connectivity index is 1.87. The van der Waals surface area contributed by atoms with Crippen LogP contribution in [0.5, 0.6) is 0 Å². The summed E-state index contributed by atoms with van der Waals surface area (Å²) in [4.78, 5) is 15.0. The average molecular weight is 433 g/mol. The molecule has 0 radical (unpaired) electrons. The lowest BCUT2D eigenvalue weighted by molar-refractivity contribution is 0.0906. The number of carbonyl (C=O) groups excluding carboxylic acids is 1. The maximum absolute atomic E-state index is 13.3. The van der Waals surface area contributed by atoms with Crippen LogP contribution in [0.15, 0.2) is 51.4 Å². The largest absolute Gasteiger partial charge is 0.451 e. The van der Waals surface area contributed by atoms with E-state index in [1.165, 1.54) is 12.1 Å². The van der Waals surface area contributed by atoms with Crippen LogP contribution in [-0.2, 0) is 0 Å². The molecule has 2 aromatic carbocycles. The van der Waals surface area contributed by atoms with Crippen molar-refractivity contribution in [3.05, 3.63) is 69.6 Å². The van der Waals surface area contributed by atoms with Crippen LogP contribution in [0.25, 0.3) is 11.0 Å². The SMILES string of the molecule is Cc1c(C(=O)NC(CCN(C)C)c2ccc(F)cc2)oc2ccc(Br)cc12. The Bertz CT molecular complexity index is 951. The normalized spacial score (nSPS) is 12.5. The third-order valence-electron chi connectivity index (χ3n) is 4.55. The van der Waals surface area contributed by atoms with Crippen molar-refractivity contribution in [3.8, 4) is 0 Å². The number of rotatable bonds is 6. The van der Waals surface area contributed by atoms with Gasteiger partial charge in [-0.3, -0.25) is 4.79 Å². The van der Waals surface area contributed by atoms with Crippen LogP contribution < -0.4 is 5.32 Å². The first-order valence-corrected chi connectivity index (χ1v) is 9.54. The molecule has 0 fully saturated rings. The summed E-state index contributed by atoms with van der Waals surface area (Å²) in [6.45, 7) is 2.66. The number of benzene rings is 2. The minimum absolute atomic E-state index is 0.236. The fraction of sp³-hybridized carbons (Fsp3) is 0.286. The zero-order valence-corrected chi connectivity index (χ0v) is 17.1. The molecule has 6 heteroatoms. The molecule has 4 nitrogen and oxygen atoms in total. The first kappa shape index (κ1) is 19.6. The molecular formula is C21H22BrFN2O2. The molecule has 1 unspecified atom stereocenters. The van der Waals surface area contributed by atoms with Gasteiger partial charge in [0.05, 0.1) is 6.04 Å². The fourth-order valence-corrected chi connectivity index (χ4v) is 3.40. The number of halogens is 2. The molecule has 3 rings (SSSR count). The number of hydrogen-bond acceptors (Lipinski definition) is 3. The van der Waals surface area contributed by atoms with Gasteiger partial charge in [0.1, 0.15) is 11.4 Å². The van der Waals surface area contributed by atoms with E-state index in [-0.39, 0.29) is 17.8 Å². The molecule has 1 amide bonds. The van der Waals surface area contributed by atoms with Crippen molar-refractivity contribution in [1.82, 2.24) is 10.2 Å². The van der Waals surface area contributed by atoms with Crippen molar-refractivity contribution >= 4 is 32.8 Å². The van der Waals surface area contributed by atoms with Crippen molar-refractivity contribution in [2.24, 2.45) is 0 Å². The molecule has 0 saturated carbocycles. The van der Waals surface area contributed by atoms with Gasteiger partial charge in [0.15, 0.2) is 5.76 Å². The van der Waals surface area contributed by atoms with Gasteiger partial charge in [0.2, 0.25) is 0 Å². The maximum atomic E-state index is 13.3. The third-order valence-corrected chi connectivity index (χ3v) is 5.04. The zero-order chi connectivity index (χ0) is 19.6. The third kappa shape index (κ3) is 4.57. The summed E-state index contributed by atoms with van der Waals surface area (Å²) in [7, 11) is 3.95. The summed E-state index contributed by atoms with van der Waals surface area (Å²) in [5, 5.41) is 3.95. The number of hydrogen-bond donors (Lipinski definition) is 1. The van der Waals surface area contributed by atoms with Crippen molar-refractivity contribution in [2.75, 3.05) is 20.6 Å². The highest BCUT2D eigenvalue weighted by atomic mass is 79.9. The second-order valence-corrected chi connectivity index (χ2v) is 7.78. The second-order valence-electron chi connectivity index (χ2n) is 6.87. The number of furan rings is 1. The molecule has 1 aromatic heterocycles. The van der Waals surface area contributed by atoms with Crippen LogP contribution in [0.4, 0.5) is 4.39 Å². The Morgan fingerprint density at radius 1 is 1.22 bits per heavy atom. The highest BCUT2D eigenvalue weighted by Crippen LogP contribution is 2.29. The summed E-state index contributed by atoms with van der Waals surface area (Å²) >= 11 is 3.45. The van der Waals surface area contributed by atoms with Crippen LogP contribution in [0.2, 0.25) is 0 Å². The van der Waals surface area contributed by atoms with E-state index in [0.717, 1.165) is 27.5 Å². The summed E-state index contributed by atoms with van der Waals surface area (Å²) < 4.78 is 20.0. The number of aryl methyl sites for hydroxylation is 1. The van der Waals surface area contributed by atoms with Gasteiger partial charge in [-0.1, -0.05) is 28.1 Å². The molecule has 0 aliphatic heterocycles. The van der Waals surface area contributed by atoms with E-state index >= 15 is 0 Å². The van der Waals surface area contributed by atoms with Gasteiger partial charge in [-0.05, 0) is 69.9 Å². The molecule has 1 N–H and O–H groups in total. The Kier molecular flexibility index (Phi) is 5.97. The van der Waals surface area contributed by atoms with Crippen LogP contribution in [0.3, 0.4) is 0 Å². The number of carbonyl (C=O) groups is 1. The monoisotopic (exact) mass is 432 g/mol. The van der Waals surface area contributed by atoms with E-state index < -0.39 is 0 Å². The highest BCUT2D eigenvalue weighted by Gasteiger charge is 2.22. The smallest absolute Gasteiger partial charge is 0.287 e. The van der Waals surface area contributed by atoms with Crippen molar-refractivity contribution in [3.63, 3.8) is 0 Å². The van der Waals surface area contributed by atoms with Crippen molar-refractivity contribution in [1.29, 1.82) is 0 Å². The highest BCUT2D eigenvalue weighted by molar-refractivity contribution is 9.10. The number of fused-ring (bicyclic) bond motifs is 1. The van der Waals surface area contributed by atoms with Gasteiger partial charge >= 0.3 is 0 Å². The number of nitrogens with zero attached hydrogens (tertiary/aromatic N) is 1. The minimum atomic E-state index is -0.296. The molecule has 142 valence electrons. The molecule has 27 heavy (non-hydrogen) atoms. The molecule has 0 aliphatic rings. The average Bonchev–Trinajstić information content (AvgIpc) is 2.95. The maximum Gasteiger partial charge on any atom is 0.287 e. The summed E-state index contributed by atoms with van der Waals surface area (Å²) in [6, 6.07) is 11.7. The van der Waals surface area contributed by atoms with E-state index in [1.54, 1.807) is 12.1 Å². The number of nitrogens with one attached hydrogen (secondary N) is 1. The van der Waals surface area contributed by atoms with Gasteiger partial charge < -0.3 is 14.6 Å². The van der Waals surface area contributed by atoms with E-state index in [9.17, 15) is 9.18 Å². The van der Waals surface area contributed by atoms with Crippen molar-refractivity contribution < 1.29 is 13.6 Å². The van der Waals surface area contributed by atoms with E-state index in [2.05, 4.69) is 21.2 Å². The first-order chi connectivity index (χ1) is 12.8. The lowest BCUT2D eigenvalue weighted by Crippen LogP contribution is -2.31. The minimum Gasteiger partial charge on any atom is -0.451 e. The van der Waals surface area contributed by atoms with Crippen LogP contribution >= 0.6 is 15.9 Å². The molecular weight excluding hydrogens is 411 g/mol. The van der Waals surface area contributed by atoms with E-state index in [0.29, 0.717) is 17.8 Å². The Hall–Kier alpha value is -2.18. The van der Waals surface area contributed by atoms with Crippen molar-refractivity contribution in [2.45, 2.75) is 19.4 Å². The van der Waals surface area contributed by atoms with Crippen LogP contribution in [-0.4, -0.2) is 31.4 Å². The Morgan fingerprint density at radius 2 is 1.93 bits per heavy atom. The Labute approximate surface area is 166 Å². The first-order valence-electron chi connectivity index (χ1n) is 8.75. The quantitative estimate of drug-likeness (QED) is 0.591.